The van der Waals surface area contributed by atoms with E-state index in [-0.39, 0.29) is 18.1 Å². The highest BCUT2D eigenvalue weighted by molar-refractivity contribution is 7.14. The van der Waals surface area contributed by atoms with Gasteiger partial charge < -0.3 is 14.8 Å². The van der Waals surface area contributed by atoms with E-state index in [0.717, 1.165) is 23.0 Å². The van der Waals surface area contributed by atoms with Gasteiger partial charge >= 0.3 is 5.69 Å². The van der Waals surface area contributed by atoms with Gasteiger partial charge in [0.1, 0.15) is 18.0 Å². The Bertz CT molecular complexity index is 1320. The zero-order valence-corrected chi connectivity index (χ0v) is 18.9. The lowest BCUT2D eigenvalue weighted by Gasteiger charge is -2.08. The lowest BCUT2D eigenvalue weighted by Crippen LogP contribution is -2.29. The molecule has 2 aromatic heterocycles. The summed E-state index contributed by atoms with van der Waals surface area (Å²) in [6, 6.07) is 13.0. The van der Waals surface area contributed by atoms with Crippen LogP contribution in [0.2, 0.25) is 0 Å². The van der Waals surface area contributed by atoms with E-state index < -0.39 is 0 Å². The van der Waals surface area contributed by atoms with Crippen molar-refractivity contribution in [3.05, 3.63) is 58.3 Å². The Balaban J connectivity index is 1.57. The minimum absolute atomic E-state index is 0.0898. The molecule has 2 heterocycles. The fourth-order valence-corrected chi connectivity index (χ4v) is 4.36. The van der Waals surface area contributed by atoms with Crippen molar-refractivity contribution < 1.29 is 14.3 Å². The molecule has 8 nitrogen and oxygen atoms in total. The number of benzene rings is 2. The Hall–Kier alpha value is -3.59. The first-order valence-corrected chi connectivity index (χ1v) is 11.1. The van der Waals surface area contributed by atoms with E-state index in [4.69, 9.17) is 9.47 Å². The molecule has 2 aromatic carbocycles. The van der Waals surface area contributed by atoms with Crippen molar-refractivity contribution in [2.45, 2.75) is 26.4 Å². The van der Waals surface area contributed by atoms with Crippen LogP contribution in [0.4, 0.5) is 5.13 Å². The van der Waals surface area contributed by atoms with Crippen LogP contribution in [-0.2, 0) is 17.9 Å². The van der Waals surface area contributed by atoms with Crippen LogP contribution >= 0.6 is 11.3 Å². The Labute approximate surface area is 189 Å². The summed E-state index contributed by atoms with van der Waals surface area (Å²) in [6.45, 7) is 2.53. The maximum absolute atomic E-state index is 12.9. The molecule has 1 N–H and O–H groups in total. The van der Waals surface area contributed by atoms with E-state index in [1.165, 1.54) is 15.9 Å². The molecule has 9 heteroatoms. The van der Waals surface area contributed by atoms with Crippen LogP contribution in [0.1, 0.15) is 13.3 Å². The van der Waals surface area contributed by atoms with Crippen LogP contribution in [-0.4, -0.2) is 34.2 Å². The molecule has 0 atom stereocenters. The number of thiazole rings is 1. The zero-order chi connectivity index (χ0) is 22.7. The molecule has 0 bridgehead atoms. The number of hydrogen-bond donors (Lipinski definition) is 1. The molecule has 1 amide bonds. The Morgan fingerprint density at radius 3 is 2.53 bits per heavy atom. The average molecular weight is 453 g/mol. The molecule has 0 aliphatic carbocycles. The average Bonchev–Trinajstić information content (AvgIpc) is 3.37. The van der Waals surface area contributed by atoms with Crippen molar-refractivity contribution >= 4 is 33.4 Å². The van der Waals surface area contributed by atoms with E-state index in [9.17, 15) is 9.59 Å². The lowest BCUT2D eigenvalue weighted by atomic mass is 10.1. The van der Waals surface area contributed by atoms with E-state index >= 15 is 0 Å². The Morgan fingerprint density at radius 2 is 1.84 bits per heavy atom. The summed E-state index contributed by atoms with van der Waals surface area (Å²) in [6.07, 6.45) is 0.829. The van der Waals surface area contributed by atoms with Gasteiger partial charge in [0.2, 0.25) is 5.91 Å². The highest BCUT2D eigenvalue weighted by Crippen LogP contribution is 2.35. The van der Waals surface area contributed by atoms with Crippen LogP contribution in [0, 0.1) is 0 Å². The molecular formula is C23H24N4O4S. The quantitative estimate of drug-likeness (QED) is 0.437. The number of carbonyl (C=O) groups excluding carboxylic acids is 1. The van der Waals surface area contributed by atoms with Gasteiger partial charge in [-0.15, -0.1) is 11.3 Å². The molecule has 0 radical (unpaired) electrons. The number of ether oxygens (including phenoxy) is 2. The third kappa shape index (κ3) is 4.11. The maximum atomic E-state index is 12.9. The monoisotopic (exact) mass is 452 g/mol. The maximum Gasteiger partial charge on any atom is 0.329 e. The third-order valence-corrected chi connectivity index (χ3v) is 5.86. The van der Waals surface area contributed by atoms with Crippen LogP contribution in [0.5, 0.6) is 11.5 Å². The minimum Gasteiger partial charge on any atom is -0.497 e. The standard InChI is InChI=1S/C23H24N4O4S/c1-4-11-26-18-7-5-6-8-19(18)27(23(26)29)13-21(28)25-22-24-17(14-32-22)16-12-15(30-2)9-10-20(16)31-3/h5-10,12,14H,4,11,13H2,1-3H3,(H,24,25,28). The number of nitrogens with one attached hydrogen (secondary N) is 1. The Morgan fingerprint density at radius 1 is 1.09 bits per heavy atom. The van der Waals surface area contributed by atoms with Crippen molar-refractivity contribution in [1.29, 1.82) is 0 Å². The molecule has 0 aliphatic rings. The number of fused-ring (bicyclic) bond motifs is 1. The number of hydrogen-bond acceptors (Lipinski definition) is 6. The molecule has 0 unspecified atom stereocenters. The van der Waals surface area contributed by atoms with Crippen molar-refractivity contribution in [2.24, 2.45) is 0 Å². The van der Waals surface area contributed by atoms with Crippen LogP contribution in [0.15, 0.2) is 52.6 Å². The number of aromatic nitrogens is 3. The molecule has 4 aromatic rings. The summed E-state index contributed by atoms with van der Waals surface area (Å²) in [5, 5.41) is 5.09. The fraction of sp³-hybridized carbons (Fsp3) is 0.261. The predicted octanol–water partition coefficient (Wildman–Crippen LogP) is 3.99. The number of anilines is 1. The smallest absolute Gasteiger partial charge is 0.329 e. The second kappa shape index (κ2) is 9.27. The molecule has 0 aliphatic heterocycles. The molecule has 0 spiro atoms. The van der Waals surface area contributed by atoms with Gasteiger partial charge in [-0.25, -0.2) is 9.78 Å². The minimum atomic E-state index is -0.315. The van der Waals surface area contributed by atoms with E-state index in [0.29, 0.717) is 28.9 Å². The first-order chi connectivity index (χ1) is 15.5. The second-order valence-corrected chi connectivity index (χ2v) is 8.02. The normalized spacial score (nSPS) is 11.0. The largest absolute Gasteiger partial charge is 0.497 e. The number of carbonyl (C=O) groups is 1. The van der Waals surface area contributed by atoms with Gasteiger partial charge in [-0.05, 0) is 36.8 Å². The van der Waals surface area contributed by atoms with Crippen molar-refractivity contribution in [3.8, 4) is 22.8 Å². The first kappa shape index (κ1) is 21.6. The fourth-order valence-electron chi connectivity index (χ4n) is 3.64. The van der Waals surface area contributed by atoms with Crippen molar-refractivity contribution in [1.82, 2.24) is 14.1 Å². The van der Waals surface area contributed by atoms with Gasteiger partial charge in [0.15, 0.2) is 5.13 Å². The molecule has 32 heavy (non-hydrogen) atoms. The summed E-state index contributed by atoms with van der Waals surface area (Å²) in [5.41, 5.74) is 2.81. The van der Waals surface area contributed by atoms with Gasteiger partial charge in [-0.1, -0.05) is 19.1 Å². The van der Waals surface area contributed by atoms with Gasteiger partial charge in [0, 0.05) is 17.5 Å². The van der Waals surface area contributed by atoms with Crippen molar-refractivity contribution in [2.75, 3.05) is 19.5 Å². The van der Waals surface area contributed by atoms with Gasteiger partial charge in [-0.2, -0.15) is 0 Å². The summed E-state index contributed by atoms with van der Waals surface area (Å²) >= 11 is 1.31. The molecule has 0 saturated carbocycles. The van der Waals surface area contributed by atoms with Gasteiger partial charge in [0.25, 0.3) is 0 Å². The summed E-state index contributed by atoms with van der Waals surface area (Å²) in [5.74, 6) is 1.02. The Kier molecular flexibility index (Phi) is 6.27. The molecule has 166 valence electrons. The summed E-state index contributed by atoms with van der Waals surface area (Å²) in [7, 11) is 3.19. The number of rotatable bonds is 8. The van der Waals surface area contributed by atoms with E-state index in [2.05, 4.69) is 10.3 Å². The second-order valence-electron chi connectivity index (χ2n) is 7.16. The molecule has 0 saturated heterocycles. The number of nitrogens with zero attached hydrogens (tertiary/aromatic N) is 3. The van der Waals surface area contributed by atoms with E-state index in [1.807, 2.05) is 54.8 Å². The lowest BCUT2D eigenvalue weighted by molar-refractivity contribution is -0.116. The van der Waals surface area contributed by atoms with Crippen LogP contribution in [0.3, 0.4) is 0 Å². The zero-order valence-electron chi connectivity index (χ0n) is 18.1. The number of aryl methyl sites for hydroxylation is 1. The number of methoxy groups -OCH3 is 2. The van der Waals surface area contributed by atoms with Crippen LogP contribution < -0.4 is 20.5 Å². The highest BCUT2D eigenvalue weighted by atomic mass is 32.1. The topological polar surface area (TPSA) is 87.4 Å². The van der Waals surface area contributed by atoms with Crippen molar-refractivity contribution in [3.63, 3.8) is 0 Å². The molecule has 4 rings (SSSR count). The van der Waals surface area contributed by atoms with Crippen LogP contribution in [0.25, 0.3) is 22.3 Å². The third-order valence-electron chi connectivity index (χ3n) is 5.11. The van der Waals surface area contributed by atoms with Gasteiger partial charge in [-0.3, -0.25) is 13.9 Å². The number of imidazole rings is 1. The summed E-state index contributed by atoms with van der Waals surface area (Å²) < 4.78 is 13.9. The highest BCUT2D eigenvalue weighted by Gasteiger charge is 2.17. The number of para-hydroxylation sites is 2. The van der Waals surface area contributed by atoms with Gasteiger partial charge in [0.05, 0.1) is 30.9 Å². The number of amides is 1. The summed E-state index contributed by atoms with van der Waals surface area (Å²) in [4.78, 5) is 30.2. The molecule has 0 fully saturated rings. The predicted molar refractivity (Wildman–Crippen MR) is 126 cm³/mol. The SMILES string of the molecule is CCCn1c(=O)n(CC(=O)Nc2nc(-c3cc(OC)ccc3OC)cs2)c2ccccc21. The first-order valence-electron chi connectivity index (χ1n) is 10.2. The van der Waals surface area contributed by atoms with E-state index in [1.54, 1.807) is 18.8 Å². The molecular weight excluding hydrogens is 428 g/mol.